The first-order valence-electron chi connectivity index (χ1n) is 6.70. The zero-order valence-electron chi connectivity index (χ0n) is 11.9. The van der Waals surface area contributed by atoms with E-state index in [0.29, 0.717) is 0 Å². The van der Waals surface area contributed by atoms with Crippen molar-refractivity contribution >= 4 is 16.9 Å². The van der Waals surface area contributed by atoms with E-state index < -0.39 is 23.3 Å². The number of halogens is 3. The van der Waals surface area contributed by atoms with Crippen molar-refractivity contribution in [3.63, 3.8) is 0 Å². The third-order valence-corrected chi connectivity index (χ3v) is 3.46. The van der Waals surface area contributed by atoms with Crippen LogP contribution in [-0.4, -0.2) is 20.6 Å². The summed E-state index contributed by atoms with van der Waals surface area (Å²) in [5, 5.41) is 9.05. The Morgan fingerprint density at radius 2 is 1.88 bits per heavy atom. The van der Waals surface area contributed by atoms with Gasteiger partial charge in [-0.3, -0.25) is 9.36 Å². The number of hydrogen-bond acceptors (Lipinski definition) is 3. The fourth-order valence-corrected chi connectivity index (χ4v) is 2.27. The van der Waals surface area contributed by atoms with Gasteiger partial charge in [-0.05, 0) is 36.4 Å². The minimum atomic E-state index is -4.53. The molecule has 5 nitrogen and oxygen atoms in total. The zero-order chi connectivity index (χ0) is 17.5. The molecule has 0 aliphatic heterocycles. The molecule has 0 radical (unpaired) electrons. The highest BCUT2D eigenvalue weighted by atomic mass is 19.4. The van der Waals surface area contributed by atoms with Crippen molar-refractivity contribution in [2.24, 2.45) is 0 Å². The molecule has 8 heteroatoms. The summed E-state index contributed by atoms with van der Waals surface area (Å²) in [6.07, 6.45) is -3.45. The standard InChI is InChI=1S/C16H9F3N2O3/c17-16(18,19)10-2-1-3-11(7-10)21-8-20-13-6-9(15(23)24)4-5-12(13)14(21)22/h1-8H,(H,23,24). The third kappa shape index (κ3) is 2.73. The number of rotatable bonds is 2. The lowest BCUT2D eigenvalue weighted by Crippen LogP contribution is -2.19. The summed E-state index contributed by atoms with van der Waals surface area (Å²) in [4.78, 5) is 27.4. The molecule has 0 spiro atoms. The number of carbonyl (C=O) groups is 1. The van der Waals surface area contributed by atoms with E-state index in [4.69, 9.17) is 5.11 Å². The van der Waals surface area contributed by atoms with Crippen molar-refractivity contribution in [3.8, 4) is 5.69 Å². The molecule has 1 N–H and O–H groups in total. The van der Waals surface area contributed by atoms with Crippen molar-refractivity contribution in [3.05, 3.63) is 70.3 Å². The number of benzene rings is 2. The molecule has 3 aromatic rings. The van der Waals surface area contributed by atoms with Crippen molar-refractivity contribution < 1.29 is 23.1 Å². The highest BCUT2D eigenvalue weighted by Crippen LogP contribution is 2.30. The highest BCUT2D eigenvalue weighted by molar-refractivity contribution is 5.92. The van der Waals surface area contributed by atoms with Crippen LogP contribution in [-0.2, 0) is 6.18 Å². The molecule has 3 rings (SSSR count). The van der Waals surface area contributed by atoms with Crippen LogP contribution in [0.2, 0.25) is 0 Å². The first kappa shape index (κ1) is 15.7. The van der Waals surface area contributed by atoms with E-state index in [1.807, 2.05) is 0 Å². The average Bonchev–Trinajstić information content (AvgIpc) is 2.54. The Morgan fingerprint density at radius 3 is 2.54 bits per heavy atom. The summed E-state index contributed by atoms with van der Waals surface area (Å²) < 4.78 is 39.4. The number of hydrogen-bond donors (Lipinski definition) is 1. The van der Waals surface area contributed by atoms with Crippen molar-refractivity contribution in [1.29, 1.82) is 0 Å². The molecule has 0 amide bonds. The largest absolute Gasteiger partial charge is 0.478 e. The van der Waals surface area contributed by atoms with E-state index in [1.165, 1.54) is 30.3 Å². The smallest absolute Gasteiger partial charge is 0.416 e. The molecule has 0 saturated carbocycles. The van der Waals surface area contributed by atoms with Crippen molar-refractivity contribution in [1.82, 2.24) is 9.55 Å². The predicted molar refractivity (Wildman–Crippen MR) is 79.3 cm³/mol. The fourth-order valence-electron chi connectivity index (χ4n) is 2.27. The van der Waals surface area contributed by atoms with Gasteiger partial charge in [-0.1, -0.05) is 6.07 Å². The molecule has 0 saturated heterocycles. The second-order valence-electron chi connectivity index (χ2n) is 5.00. The van der Waals surface area contributed by atoms with Gasteiger partial charge in [0.1, 0.15) is 6.33 Å². The minimum absolute atomic E-state index is 0.0199. The molecule has 0 bridgehead atoms. The average molecular weight is 334 g/mol. The number of carboxylic acids is 1. The van der Waals surface area contributed by atoms with Crippen LogP contribution in [0.5, 0.6) is 0 Å². The van der Waals surface area contributed by atoms with Gasteiger partial charge in [0.05, 0.1) is 27.7 Å². The van der Waals surface area contributed by atoms with Crippen LogP contribution in [0.25, 0.3) is 16.6 Å². The van der Waals surface area contributed by atoms with Crippen molar-refractivity contribution in [2.45, 2.75) is 6.18 Å². The number of aromatic carboxylic acids is 1. The van der Waals surface area contributed by atoms with Gasteiger partial charge in [-0.15, -0.1) is 0 Å². The summed E-state index contributed by atoms with van der Waals surface area (Å²) in [6, 6.07) is 8.07. The number of aromatic nitrogens is 2. The Morgan fingerprint density at radius 1 is 1.12 bits per heavy atom. The molecule has 1 heterocycles. The van der Waals surface area contributed by atoms with Crippen molar-refractivity contribution in [2.75, 3.05) is 0 Å². The molecule has 122 valence electrons. The summed E-state index contributed by atoms with van der Waals surface area (Å²) in [5.74, 6) is -1.17. The van der Waals surface area contributed by atoms with Gasteiger partial charge in [0, 0.05) is 0 Å². The van der Waals surface area contributed by atoms with Crippen LogP contribution >= 0.6 is 0 Å². The zero-order valence-corrected chi connectivity index (χ0v) is 11.9. The maximum absolute atomic E-state index is 12.8. The van der Waals surface area contributed by atoms with Crippen LogP contribution in [0.4, 0.5) is 13.2 Å². The lowest BCUT2D eigenvalue weighted by Gasteiger charge is -2.10. The van der Waals surface area contributed by atoms with Gasteiger partial charge in [0.15, 0.2) is 0 Å². The Balaban J connectivity index is 2.18. The maximum atomic E-state index is 12.8. The third-order valence-electron chi connectivity index (χ3n) is 3.46. The second kappa shape index (κ2) is 5.48. The number of fused-ring (bicyclic) bond motifs is 1. The quantitative estimate of drug-likeness (QED) is 0.782. The Kier molecular flexibility index (Phi) is 3.59. The monoisotopic (exact) mass is 334 g/mol. The molecule has 2 aromatic carbocycles. The normalized spacial score (nSPS) is 11.6. The van der Waals surface area contributed by atoms with Crippen LogP contribution in [0.15, 0.2) is 53.6 Å². The maximum Gasteiger partial charge on any atom is 0.416 e. The molecule has 0 fully saturated rings. The van der Waals surface area contributed by atoms with Crippen LogP contribution in [0.3, 0.4) is 0 Å². The summed E-state index contributed by atoms with van der Waals surface area (Å²) >= 11 is 0. The van der Waals surface area contributed by atoms with Crippen LogP contribution in [0.1, 0.15) is 15.9 Å². The lowest BCUT2D eigenvalue weighted by atomic mass is 10.1. The van der Waals surface area contributed by atoms with Gasteiger partial charge < -0.3 is 5.11 Å². The molecule has 0 atom stereocenters. The summed E-state index contributed by atoms with van der Waals surface area (Å²) in [7, 11) is 0. The van der Waals surface area contributed by atoms with Crippen LogP contribution in [0, 0.1) is 0 Å². The summed E-state index contributed by atoms with van der Waals surface area (Å²) in [6.45, 7) is 0. The molecule has 0 unspecified atom stereocenters. The van der Waals surface area contributed by atoms with E-state index in [-0.39, 0.29) is 22.2 Å². The van der Waals surface area contributed by atoms with E-state index in [1.54, 1.807) is 0 Å². The first-order valence-corrected chi connectivity index (χ1v) is 6.70. The van der Waals surface area contributed by atoms with Gasteiger partial charge in [-0.2, -0.15) is 13.2 Å². The molecule has 1 aromatic heterocycles. The first-order chi connectivity index (χ1) is 11.3. The van der Waals surface area contributed by atoms with E-state index in [2.05, 4.69) is 4.98 Å². The minimum Gasteiger partial charge on any atom is -0.478 e. The predicted octanol–water partition coefficient (Wildman–Crippen LogP) is 3.10. The van der Waals surface area contributed by atoms with E-state index in [9.17, 15) is 22.8 Å². The van der Waals surface area contributed by atoms with E-state index >= 15 is 0 Å². The molecule has 0 aliphatic rings. The van der Waals surface area contributed by atoms with Gasteiger partial charge in [-0.25, -0.2) is 9.78 Å². The SMILES string of the molecule is O=C(O)c1ccc2c(=O)n(-c3cccc(C(F)(F)F)c3)cnc2c1. The lowest BCUT2D eigenvalue weighted by molar-refractivity contribution is -0.137. The molecule has 0 aliphatic carbocycles. The van der Waals surface area contributed by atoms with Gasteiger partial charge in [0.25, 0.3) is 5.56 Å². The molecular weight excluding hydrogens is 325 g/mol. The Labute approximate surface area is 132 Å². The Bertz CT molecular complexity index is 1010. The second-order valence-corrected chi connectivity index (χ2v) is 5.00. The van der Waals surface area contributed by atoms with Gasteiger partial charge in [0.2, 0.25) is 0 Å². The molecule has 24 heavy (non-hydrogen) atoms. The topological polar surface area (TPSA) is 72.2 Å². The van der Waals surface area contributed by atoms with E-state index in [0.717, 1.165) is 23.0 Å². The summed E-state index contributed by atoms with van der Waals surface area (Å²) in [5.41, 5.74) is -1.33. The number of alkyl halides is 3. The fraction of sp³-hybridized carbons (Fsp3) is 0.0625. The molecular formula is C16H9F3N2O3. The van der Waals surface area contributed by atoms with Gasteiger partial charge >= 0.3 is 12.1 Å². The highest BCUT2D eigenvalue weighted by Gasteiger charge is 2.30. The van der Waals surface area contributed by atoms with Crippen LogP contribution < -0.4 is 5.56 Å². The number of carboxylic acid groups (broad SMARTS) is 1. The number of nitrogens with zero attached hydrogens (tertiary/aromatic N) is 2. The Hall–Kier alpha value is -3.16.